The first-order valence-corrected chi connectivity index (χ1v) is 5.85. The molecule has 1 heterocycles. The molecule has 2 atom stereocenters. The number of hydrogen-bond acceptors (Lipinski definition) is 3. The van der Waals surface area contributed by atoms with Crippen molar-refractivity contribution < 1.29 is 4.74 Å². The summed E-state index contributed by atoms with van der Waals surface area (Å²) in [6.45, 7) is 6.03. The summed E-state index contributed by atoms with van der Waals surface area (Å²) in [5.74, 6) is 0.722. The molecule has 84 valence electrons. The summed E-state index contributed by atoms with van der Waals surface area (Å²) in [4.78, 5) is 2.31. The molecule has 0 aromatic rings. The average molecular weight is 221 g/mol. The number of ether oxygens (including phenoxy) is 1. The maximum atomic E-state index is 5.66. The number of hydrogen-bond donors (Lipinski definition) is 1. The van der Waals surface area contributed by atoms with Gasteiger partial charge >= 0.3 is 0 Å². The quantitative estimate of drug-likeness (QED) is 0.698. The molecule has 1 fully saturated rings. The molecular weight excluding hydrogens is 200 g/mol. The van der Waals surface area contributed by atoms with Crippen molar-refractivity contribution in [3.8, 4) is 0 Å². The topological polar surface area (TPSA) is 24.5 Å². The van der Waals surface area contributed by atoms with E-state index < -0.39 is 0 Å². The van der Waals surface area contributed by atoms with E-state index in [-0.39, 0.29) is 0 Å². The van der Waals surface area contributed by atoms with Crippen LogP contribution in [0.4, 0.5) is 0 Å². The van der Waals surface area contributed by atoms with E-state index in [1.807, 2.05) is 0 Å². The van der Waals surface area contributed by atoms with Crippen LogP contribution >= 0.6 is 11.6 Å². The SMILES string of the molecule is CC(CCCl)NCC1CN(C)CCO1. The van der Waals surface area contributed by atoms with Gasteiger partial charge in [0.25, 0.3) is 0 Å². The summed E-state index contributed by atoms with van der Waals surface area (Å²) >= 11 is 5.66. The van der Waals surface area contributed by atoms with Crippen molar-refractivity contribution in [3.63, 3.8) is 0 Å². The standard InChI is InChI=1S/C10H21ClN2O/c1-9(3-4-11)12-7-10-8-13(2)5-6-14-10/h9-10,12H,3-8H2,1-2H3. The van der Waals surface area contributed by atoms with Crippen LogP contribution in [0.15, 0.2) is 0 Å². The number of alkyl halides is 1. The molecule has 1 saturated heterocycles. The van der Waals surface area contributed by atoms with Crippen molar-refractivity contribution in [2.75, 3.05) is 39.2 Å². The molecule has 1 N–H and O–H groups in total. The monoisotopic (exact) mass is 220 g/mol. The predicted octanol–water partition coefficient (Wildman–Crippen LogP) is 0.924. The summed E-state index contributed by atoms with van der Waals surface area (Å²) in [5.41, 5.74) is 0. The van der Waals surface area contributed by atoms with Gasteiger partial charge in [0.1, 0.15) is 0 Å². The zero-order valence-electron chi connectivity index (χ0n) is 9.13. The van der Waals surface area contributed by atoms with Gasteiger partial charge in [-0.1, -0.05) is 0 Å². The van der Waals surface area contributed by atoms with E-state index in [1.54, 1.807) is 0 Å². The van der Waals surface area contributed by atoms with Crippen LogP contribution in [-0.2, 0) is 4.74 Å². The molecule has 3 nitrogen and oxygen atoms in total. The summed E-state index contributed by atoms with van der Waals surface area (Å²) in [5, 5.41) is 3.44. The van der Waals surface area contributed by atoms with Crippen LogP contribution in [0.5, 0.6) is 0 Å². The Morgan fingerprint density at radius 2 is 2.43 bits per heavy atom. The average Bonchev–Trinajstić information content (AvgIpc) is 2.15. The maximum absolute atomic E-state index is 5.66. The van der Waals surface area contributed by atoms with Gasteiger partial charge in [-0.2, -0.15) is 0 Å². The molecule has 0 radical (unpaired) electrons. The third-order valence-electron chi connectivity index (χ3n) is 2.58. The molecule has 0 aromatic heterocycles. The first-order chi connectivity index (χ1) is 6.72. The highest BCUT2D eigenvalue weighted by Crippen LogP contribution is 2.02. The number of halogens is 1. The second-order valence-corrected chi connectivity index (χ2v) is 4.42. The lowest BCUT2D eigenvalue weighted by Gasteiger charge is -2.30. The van der Waals surface area contributed by atoms with Gasteiger partial charge in [-0.3, -0.25) is 0 Å². The smallest absolute Gasteiger partial charge is 0.0826 e. The normalized spacial score (nSPS) is 26.4. The third kappa shape index (κ3) is 4.60. The lowest BCUT2D eigenvalue weighted by molar-refractivity contribution is -0.0190. The fourth-order valence-corrected chi connectivity index (χ4v) is 1.92. The van der Waals surface area contributed by atoms with Gasteiger partial charge in [-0.05, 0) is 20.4 Å². The highest BCUT2D eigenvalue weighted by molar-refractivity contribution is 6.17. The second kappa shape index (κ2) is 6.62. The molecule has 14 heavy (non-hydrogen) atoms. The first-order valence-electron chi connectivity index (χ1n) is 5.32. The van der Waals surface area contributed by atoms with Gasteiger partial charge in [-0.15, -0.1) is 11.6 Å². The number of likely N-dealkylation sites (N-methyl/N-ethyl adjacent to an activating group) is 1. The molecule has 0 saturated carbocycles. The lowest BCUT2D eigenvalue weighted by Crippen LogP contribution is -2.46. The fraction of sp³-hybridized carbons (Fsp3) is 1.00. The summed E-state index contributed by atoms with van der Waals surface area (Å²) in [6.07, 6.45) is 1.36. The molecule has 1 rings (SSSR count). The molecule has 1 aliphatic heterocycles. The summed E-state index contributed by atoms with van der Waals surface area (Å²) < 4.78 is 5.64. The summed E-state index contributed by atoms with van der Waals surface area (Å²) in [7, 11) is 2.14. The summed E-state index contributed by atoms with van der Waals surface area (Å²) in [6, 6.07) is 0.489. The molecule has 4 heteroatoms. The molecule has 0 aromatic carbocycles. The molecular formula is C10H21ClN2O. The Labute approximate surface area is 91.7 Å². The number of morpholine rings is 1. The van der Waals surface area contributed by atoms with Crippen molar-refractivity contribution in [1.82, 2.24) is 10.2 Å². The third-order valence-corrected chi connectivity index (χ3v) is 2.80. The van der Waals surface area contributed by atoms with Gasteiger partial charge in [0.2, 0.25) is 0 Å². The van der Waals surface area contributed by atoms with Crippen molar-refractivity contribution in [2.45, 2.75) is 25.5 Å². The van der Waals surface area contributed by atoms with Crippen molar-refractivity contribution in [3.05, 3.63) is 0 Å². The van der Waals surface area contributed by atoms with Gasteiger partial charge in [0, 0.05) is 31.6 Å². The molecule has 0 amide bonds. The molecule has 1 aliphatic rings. The van der Waals surface area contributed by atoms with E-state index in [4.69, 9.17) is 16.3 Å². The van der Waals surface area contributed by atoms with Crippen molar-refractivity contribution >= 4 is 11.6 Å². The van der Waals surface area contributed by atoms with Crippen LogP contribution < -0.4 is 5.32 Å². The van der Waals surface area contributed by atoms with Crippen molar-refractivity contribution in [1.29, 1.82) is 0 Å². The van der Waals surface area contributed by atoms with E-state index in [0.29, 0.717) is 12.1 Å². The molecule has 0 bridgehead atoms. The number of rotatable bonds is 5. The zero-order valence-corrected chi connectivity index (χ0v) is 9.89. The van der Waals surface area contributed by atoms with E-state index in [0.717, 1.165) is 38.5 Å². The highest BCUT2D eigenvalue weighted by Gasteiger charge is 2.17. The van der Waals surface area contributed by atoms with Crippen molar-refractivity contribution in [2.24, 2.45) is 0 Å². The molecule has 2 unspecified atom stereocenters. The number of nitrogens with one attached hydrogen (secondary N) is 1. The largest absolute Gasteiger partial charge is 0.374 e. The van der Waals surface area contributed by atoms with Crippen LogP contribution in [0.1, 0.15) is 13.3 Å². The Kier molecular flexibility index (Phi) is 5.78. The van der Waals surface area contributed by atoms with Gasteiger partial charge in [0.05, 0.1) is 12.7 Å². The van der Waals surface area contributed by atoms with E-state index >= 15 is 0 Å². The first kappa shape index (κ1) is 12.2. The van der Waals surface area contributed by atoms with Crippen LogP contribution in [0.25, 0.3) is 0 Å². The Balaban J connectivity index is 2.10. The minimum Gasteiger partial charge on any atom is -0.374 e. The van der Waals surface area contributed by atoms with Crippen LogP contribution in [0, 0.1) is 0 Å². The highest BCUT2D eigenvalue weighted by atomic mass is 35.5. The zero-order chi connectivity index (χ0) is 10.4. The Hall–Kier alpha value is 0.170. The van der Waals surface area contributed by atoms with E-state index in [9.17, 15) is 0 Å². The minimum absolute atomic E-state index is 0.339. The van der Waals surface area contributed by atoms with E-state index in [2.05, 4.69) is 24.2 Å². The van der Waals surface area contributed by atoms with Gasteiger partial charge < -0.3 is 15.0 Å². The number of nitrogens with zero attached hydrogens (tertiary/aromatic N) is 1. The maximum Gasteiger partial charge on any atom is 0.0826 e. The van der Waals surface area contributed by atoms with Crippen LogP contribution in [0.2, 0.25) is 0 Å². The predicted molar refractivity (Wildman–Crippen MR) is 60.0 cm³/mol. The van der Waals surface area contributed by atoms with Gasteiger partial charge in [-0.25, -0.2) is 0 Å². The van der Waals surface area contributed by atoms with Crippen LogP contribution in [0.3, 0.4) is 0 Å². The molecule has 0 spiro atoms. The molecule has 0 aliphatic carbocycles. The Morgan fingerprint density at radius 3 is 3.07 bits per heavy atom. The fourth-order valence-electron chi connectivity index (χ4n) is 1.59. The lowest BCUT2D eigenvalue weighted by atomic mass is 10.2. The van der Waals surface area contributed by atoms with Gasteiger partial charge in [0.15, 0.2) is 0 Å². The Morgan fingerprint density at radius 1 is 1.64 bits per heavy atom. The second-order valence-electron chi connectivity index (χ2n) is 4.04. The minimum atomic E-state index is 0.339. The Bertz CT molecular complexity index is 157. The van der Waals surface area contributed by atoms with E-state index in [1.165, 1.54) is 0 Å². The van der Waals surface area contributed by atoms with Crippen LogP contribution in [-0.4, -0.2) is 56.2 Å².